The lowest BCUT2D eigenvalue weighted by molar-refractivity contribution is 0.774. The van der Waals surface area contributed by atoms with Gasteiger partial charge in [-0.15, -0.1) is 0 Å². The second-order valence-corrected chi connectivity index (χ2v) is 5.81. The van der Waals surface area contributed by atoms with Gasteiger partial charge in [-0.3, -0.25) is 0 Å². The van der Waals surface area contributed by atoms with Crippen LogP contribution in [0.3, 0.4) is 0 Å². The van der Waals surface area contributed by atoms with Crippen LogP contribution in [0.4, 0.5) is 5.69 Å². The molecule has 2 nitrogen and oxygen atoms in total. The van der Waals surface area contributed by atoms with E-state index in [1.807, 2.05) is 12.1 Å². The van der Waals surface area contributed by atoms with Gasteiger partial charge in [0.2, 0.25) is 0 Å². The number of benzene rings is 2. The highest BCUT2D eigenvalue weighted by atomic mass is 35.5. The molecule has 0 aliphatic heterocycles. The van der Waals surface area contributed by atoms with Crippen molar-refractivity contribution in [2.24, 2.45) is 0 Å². The standard InChI is InChI=1S/C16H12Cl2N2/c17-13-3-2-11-7-14(8-12(11)6-13)20-16-5-10(9-19)1-4-15(16)18/h1-6,14,20H,7-8H2. The first kappa shape index (κ1) is 13.3. The molecule has 20 heavy (non-hydrogen) atoms. The van der Waals surface area contributed by atoms with Crippen molar-refractivity contribution in [2.75, 3.05) is 5.32 Å². The zero-order valence-corrected chi connectivity index (χ0v) is 12.2. The van der Waals surface area contributed by atoms with Gasteiger partial charge in [-0.1, -0.05) is 29.3 Å². The molecule has 1 aliphatic carbocycles. The summed E-state index contributed by atoms with van der Waals surface area (Å²) in [5, 5.41) is 13.8. The van der Waals surface area contributed by atoms with Crippen molar-refractivity contribution >= 4 is 28.9 Å². The summed E-state index contributed by atoms with van der Waals surface area (Å²) in [4.78, 5) is 0. The van der Waals surface area contributed by atoms with Crippen molar-refractivity contribution in [2.45, 2.75) is 18.9 Å². The van der Waals surface area contributed by atoms with E-state index < -0.39 is 0 Å². The van der Waals surface area contributed by atoms with E-state index in [0.717, 1.165) is 23.6 Å². The van der Waals surface area contributed by atoms with Gasteiger partial charge in [-0.25, -0.2) is 0 Å². The van der Waals surface area contributed by atoms with Crippen molar-refractivity contribution in [1.82, 2.24) is 0 Å². The van der Waals surface area contributed by atoms with Crippen LogP contribution in [0.2, 0.25) is 10.0 Å². The van der Waals surface area contributed by atoms with Crippen LogP contribution in [0.5, 0.6) is 0 Å². The molecule has 4 heteroatoms. The number of halogens is 2. The van der Waals surface area contributed by atoms with E-state index >= 15 is 0 Å². The minimum atomic E-state index is 0.287. The Kier molecular flexibility index (Phi) is 3.56. The topological polar surface area (TPSA) is 35.8 Å². The third-order valence-electron chi connectivity index (χ3n) is 3.56. The molecule has 0 saturated carbocycles. The smallest absolute Gasteiger partial charge is 0.0992 e. The lowest BCUT2D eigenvalue weighted by Gasteiger charge is -2.15. The average molecular weight is 303 g/mol. The Bertz CT molecular complexity index is 704. The molecular formula is C16H12Cl2N2. The number of nitrogens with zero attached hydrogens (tertiary/aromatic N) is 1. The molecule has 1 unspecified atom stereocenters. The first-order valence-electron chi connectivity index (χ1n) is 6.39. The maximum absolute atomic E-state index is 8.95. The summed E-state index contributed by atoms with van der Waals surface area (Å²) in [7, 11) is 0. The highest BCUT2D eigenvalue weighted by Crippen LogP contribution is 2.30. The number of nitriles is 1. The van der Waals surface area contributed by atoms with Crippen molar-refractivity contribution in [1.29, 1.82) is 5.26 Å². The molecule has 100 valence electrons. The molecule has 2 aromatic rings. The van der Waals surface area contributed by atoms with Gasteiger partial charge in [0, 0.05) is 11.1 Å². The van der Waals surface area contributed by atoms with Crippen molar-refractivity contribution < 1.29 is 0 Å². The molecule has 0 amide bonds. The SMILES string of the molecule is N#Cc1ccc(Cl)c(NC2Cc3ccc(Cl)cc3C2)c1. The molecule has 0 bridgehead atoms. The fraction of sp³-hybridized carbons (Fsp3) is 0.188. The molecule has 0 radical (unpaired) electrons. The van der Waals surface area contributed by atoms with Gasteiger partial charge in [0.15, 0.2) is 0 Å². The average Bonchev–Trinajstić information content (AvgIpc) is 2.82. The Labute approximate surface area is 127 Å². The maximum atomic E-state index is 8.95. The van der Waals surface area contributed by atoms with Gasteiger partial charge in [0.05, 0.1) is 22.3 Å². The molecule has 3 rings (SSSR count). The van der Waals surface area contributed by atoms with Gasteiger partial charge in [-0.2, -0.15) is 5.26 Å². The quantitative estimate of drug-likeness (QED) is 0.890. The van der Waals surface area contributed by atoms with Crippen LogP contribution in [-0.2, 0) is 12.8 Å². The van der Waals surface area contributed by atoms with E-state index in [1.165, 1.54) is 11.1 Å². The van der Waals surface area contributed by atoms with Crippen LogP contribution in [0.15, 0.2) is 36.4 Å². The number of anilines is 1. The summed E-state index contributed by atoms with van der Waals surface area (Å²) >= 11 is 12.2. The van der Waals surface area contributed by atoms with E-state index in [4.69, 9.17) is 28.5 Å². The Morgan fingerprint density at radius 2 is 1.85 bits per heavy atom. The third kappa shape index (κ3) is 2.60. The van der Waals surface area contributed by atoms with Crippen LogP contribution in [-0.4, -0.2) is 6.04 Å². The lowest BCUT2D eigenvalue weighted by atomic mass is 10.1. The number of rotatable bonds is 2. The van der Waals surface area contributed by atoms with Gasteiger partial charge >= 0.3 is 0 Å². The van der Waals surface area contributed by atoms with Crippen LogP contribution in [0.1, 0.15) is 16.7 Å². The fourth-order valence-corrected chi connectivity index (χ4v) is 2.98. The van der Waals surface area contributed by atoms with Crippen molar-refractivity contribution in [3.8, 4) is 6.07 Å². The van der Waals surface area contributed by atoms with E-state index in [2.05, 4.69) is 17.5 Å². The Hall–Kier alpha value is -1.69. The molecule has 0 aromatic heterocycles. The van der Waals surface area contributed by atoms with Crippen LogP contribution in [0.25, 0.3) is 0 Å². The molecule has 2 aromatic carbocycles. The number of nitrogens with one attached hydrogen (secondary N) is 1. The van der Waals surface area contributed by atoms with Gasteiger partial charge in [0.1, 0.15) is 0 Å². The van der Waals surface area contributed by atoms with Crippen LogP contribution < -0.4 is 5.32 Å². The zero-order valence-electron chi connectivity index (χ0n) is 10.7. The lowest BCUT2D eigenvalue weighted by Crippen LogP contribution is -2.19. The van der Waals surface area contributed by atoms with E-state index in [-0.39, 0.29) is 6.04 Å². The normalized spacial score (nSPS) is 16.6. The summed E-state index contributed by atoms with van der Waals surface area (Å²) < 4.78 is 0. The highest BCUT2D eigenvalue weighted by molar-refractivity contribution is 6.33. The summed E-state index contributed by atoms with van der Waals surface area (Å²) in [6, 6.07) is 13.7. The van der Waals surface area contributed by atoms with Gasteiger partial charge < -0.3 is 5.32 Å². The number of hydrogen-bond donors (Lipinski definition) is 1. The molecule has 0 saturated heterocycles. The second kappa shape index (κ2) is 5.36. The summed E-state index contributed by atoms with van der Waals surface area (Å²) in [6.07, 6.45) is 1.86. The highest BCUT2D eigenvalue weighted by Gasteiger charge is 2.22. The van der Waals surface area contributed by atoms with E-state index in [9.17, 15) is 0 Å². The van der Waals surface area contributed by atoms with Crippen LogP contribution >= 0.6 is 23.2 Å². The maximum Gasteiger partial charge on any atom is 0.0992 e. The fourth-order valence-electron chi connectivity index (χ4n) is 2.61. The largest absolute Gasteiger partial charge is 0.380 e. The summed E-state index contributed by atoms with van der Waals surface area (Å²) in [5.41, 5.74) is 4.02. The van der Waals surface area contributed by atoms with Crippen molar-refractivity contribution in [3.63, 3.8) is 0 Å². The minimum Gasteiger partial charge on any atom is -0.380 e. The van der Waals surface area contributed by atoms with E-state index in [1.54, 1.807) is 18.2 Å². The molecular weight excluding hydrogens is 291 g/mol. The predicted molar refractivity (Wildman–Crippen MR) is 82.4 cm³/mol. The minimum absolute atomic E-state index is 0.287. The third-order valence-corrected chi connectivity index (χ3v) is 4.12. The van der Waals surface area contributed by atoms with Gasteiger partial charge in [-0.05, 0) is 54.3 Å². The van der Waals surface area contributed by atoms with Gasteiger partial charge in [0.25, 0.3) is 0 Å². The predicted octanol–water partition coefficient (Wildman–Crippen LogP) is 4.44. The molecule has 1 N–H and O–H groups in total. The Morgan fingerprint density at radius 1 is 1.05 bits per heavy atom. The Morgan fingerprint density at radius 3 is 2.65 bits per heavy atom. The first-order valence-corrected chi connectivity index (χ1v) is 7.15. The summed E-state index contributed by atoms with van der Waals surface area (Å²) in [5.74, 6) is 0. The molecule has 0 spiro atoms. The molecule has 1 aliphatic rings. The molecule has 1 atom stereocenters. The second-order valence-electron chi connectivity index (χ2n) is 4.97. The van der Waals surface area contributed by atoms with E-state index in [0.29, 0.717) is 10.6 Å². The zero-order chi connectivity index (χ0) is 14.1. The van der Waals surface area contributed by atoms with Crippen molar-refractivity contribution in [3.05, 3.63) is 63.1 Å². The molecule has 0 heterocycles. The van der Waals surface area contributed by atoms with Crippen LogP contribution in [0, 0.1) is 11.3 Å². The molecule has 0 fully saturated rings. The Balaban J connectivity index is 1.80. The number of hydrogen-bond acceptors (Lipinski definition) is 2. The summed E-state index contributed by atoms with van der Waals surface area (Å²) in [6.45, 7) is 0. The monoisotopic (exact) mass is 302 g/mol. The first-order chi connectivity index (χ1) is 9.65. The number of fused-ring (bicyclic) bond motifs is 1.